The Bertz CT molecular complexity index is 567. The Labute approximate surface area is 136 Å². The first-order valence-electron chi connectivity index (χ1n) is 7.73. The van der Waals surface area contributed by atoms with Crippen LogP contribution in [0.3, 0.4) is 0 Å². The summed E-state index contributed by atoms with van der Waals surface area (Å²) in [5.41, 5.74) is 3.12. The minimum Gasteiger partial charge on any atom is -0.459 e. The molecule has 0 fully saturated rings. The molecule has 0 unspecified atom stereocenters. The van der Waals surface area contributed by atoms with Crippen molar-refractivity contribution in [1.29, 1.82) is 0 Å². The predicted octanol–water partition coefficient (Wildman–Crippen LogP) is 4.46. The molecular weight excluding hydrogens is 288 g/mol. The van der Waals surface area contributed by atoms with Crippen molar-refractivity contribution in [3.8, 4) is 11.5 Å². The highest BCUT2D eigenvalue weighted by Gasteiger charge is 2.36. The van der Waals surface area contributed by atoms with Gasteiger partial charge in [-0.15, -0.1) is 5.54 Å². The number of esters is 1. The summed E-state index contributed by atoms with van der Waals surface area (Å²) >= 11 is 0. The molecule has 0 radical (unpaired) electrons. The summed E-state index contributed by atoms with van der Waals surface area (Å²) in [7, 11) is -1.56. The van der Waals surface area contributed by atoms with Crippen molar-refractivity contribution in [3.63, 3.8) is 0 Å². The second-order valence-electron chi connectivity index (χ2n) is 8.00. The first kappa shape index (κ1) is 18.5. The Hall–Kier alpha value is -1.53. The molecular formula is C19H28O2Si. The Morgan fingerprint density at radius 3 is 2.09 bits per heavy atom. The smallest absolute Gasteiger partial charge is 0.324 e. The van der Waals surface area contributed by atoms with Crippen LogP contribution in [-0.2, 0) is 16.0 Å². The maximum atomic E-state index is 12.7. The summed E-state index contributed by atoms with van der Waals surface area (Å²) in [4.78, 5) is 12.7. The average Bonchev–Trinajstić information content (AvgIpc) is 2.35. The van der Waals surface area contributed by atoms with Crippen molar-refractivity contribution in [3.05, 3.63) is 35.9 Å². The Morgan fingerprint density at radius 2 is 1.64 bits per heavy atom. The number of rotatable bonds is 3. The molecule has 0 N–H and O–H groups in total. The number of hydrogen-bond donors (Lipinski definition) is 0. The molecule has 1 atom stereocenters. The van der Waals surface area contributed by atoms with Crippen LogP contribution in [-0.4, -0.2) is 19.6 Å². The van der Waals surface area contributed by atoms with Gasteiger partial charge in [-0.3, -0.25) is 4.79 Å². The molecule has 22 heavy (non-hydrogen) atoms. The number of carbonyl (C=O) groups is 1. The van der Waals surface area contributed by atoms with Crippen LogP contribution in [0.2, 0.25) is 19.6 Å². The summed E-state index contributed by atoms with van der Waals surface area (Å²) < 4.78 is 5.61. The first-order valence-corrected chi connectivity index (χ1v) is 11.2. The lowest BCUT2D eigenvalue weighted by Gasteiger charge is -2.28. The van der Waals surface area contributed by atoms with E-state index in [1.165, 1.54) is 0 Å². The molecule has 1 aromatic carbocycles. The molecule has 1 rings (SSSR count). The average molecular weight is 317 g/mol. The molecule has 120 valence electrons. The summed E-state index contributed by atoms with van der Waals surface area (Å²) in [6.45, 7) is 14.1. The van der Waals surface area contributed by atoms with Crippen molar-refractivity contribution < 1.29 is 9.53 Å². The van der Waals surface area contributed by atoms with Crippen LogP contribution in [0.25, 0.3) is 0 Å². The van der Waals surface area contributed by atoms with Gasteiger partial charge in [-0.25, -0.2) is 0 Å². The first-order chi connectivity index (χ1) is 9.91. The van der Waals surface area contributed by atoms with E-state index in [0.717, 1.165) is 5.56 Å². The largest absolute Gasteiger partial charge is 0.459 e. The molecule has 2 nitrogen and oxygen atoms in total. The third kappa shape index (κ3) is 6.49. The van der Waals surface area contributed by atoms with E-state index in [-0.39, 0.29) is 5.97 Å². The van der Waals surface area contributed by atoms with Crippen molar-refractivity contribution in [2.75, 3.05) is 0 Å². The normalized spacial score (nSPS) is 14.5. The van der Waals surface area contributed by atoms with Gasteiger partial charge in [0.05, 0.1) is 0 Å². The quantitative estimate of drug-likeness (QED) is 0.467. The lowest BCUT2D eigenvalue weighted by atomic mass is 9.84. The minimum absolute atomic E-state index is 0.241. The van der Waals surface area contributed by atoms with Gasteiger partial charge in [0.1, 0.15) is 19.1 Å². The number of hydrogen-bond acceptors (Lipinski definition) is 2. The van der Waals surface area contributed by atoms with Crippen molar-refractivity contribution >= 4 is 14.0 Å². The van der Waals surface area contributed by atoms with Gasteiger partial charge in [0, 0.05) is 0 Å². The molecule has 0 saturated carbocycles. The van der Waals surface area contributed by atoms with Gasteiger partial charge in [-0.05, 0) is 39.7 Å². The van der Waals surface area contributed by atoms with E-state index >= 15 is 0 Å². The molecule has 0 aliphatic rings. The standard InChI is InChI=1S/C19H28O2Si/c1-18(2,3)21-17(20)19(4,13-14-22(5,6)7)15-16-11-9-8-10-12-16/h8-12H,15H2,1-7H3/t19-/m1/s1. The Kier molecular flexibility index (Phi) is 5.64. The predicted molar refractivity (Wildman–Crippen MR) is 95.2 cm³/mol. The minimum atomic E-state index is -1.56. The molecule has 0 amide bonds. The van der Waals surface area contributed by atoms with Crippen molar-refractivity contribution in [2.45, 2.75) is 59.4 Å². The summed E-state index contributed by atoms with van der Waals surface area (Å²) in [5.74, 6) is 3.00. The maximum Gasteiger partial charge on any atom is 0.324 e. The van der Waals surface area contributed by atoms with Crippen LogP contribution >= 0.6 is 0 Å². The van der Waals surface area contributed by atoms with Crippen molar-refractivity contribution in [2.24, 2.45) is 5.41 Å². The van der Waals surface area contributed by atoms with E-state index in [1.54, 1.807) is 0 Å². The third-order valence-electron chi connectivity index (χ3n) is 2.96. The van der Waals surface area contributed by atoms with Crippen LogP contribution in [0.5, 0.6) is 0 Å². The molecule has 0 saturated heterocycles. The monoisotopic (exact) mass is 316 g/mol. The van der Waals surface area contributed by atoms with Crippen molar-refractivity contribution in [1.82, 2.24) is 0 Å². The fourth-order valence-electron chi connectivity index (χ4n) is 1.89. The second-order valence-corrected chi connectivity index (χ2v) is 12.7. The summed E-state index contributed by atoms with van der Waals surface area (Å²) in [6, 6.07) is 9.99. The highest BCUT2D eigenvalue weighted by molar-refractivity contribution is 6.83. The topological polar surface area (TPSA) is 26.3 Å². The third-order valence-corrected chi connectivity index (χ3v) is 3.84. The van der Waals surface area contributed by atoms with Gasteiger partial charge in [-0.1, -0.05) is 55.9 Å². The van der Waals surface area contributed by atoms with Crippen LogP contribution < -0.4 is 0 Å². The van der Waals surface area contributed by atoms with Crippen LogP contribution in [0.15, 0.2) is 30.3 Å². The number of benzene rings is 1. The molecule has 0 spiro atoms. The zero-order valence-electron chi connectivity index (χ0n) is 14.9. The lowest BCUT2D eigenvalue weighted by molar-refractivity contribution is -0.163. The van der Waals surface area contributed by atoms with E-state index in [0.29, 0.717) is 6.42 Å². The molecule has 0 heterocycles. The van der Waals surface area contributed by atoms with E-state index in [4.69, 9.17) is 4.74 Å². The zero-order valence-corrected chi connectivity index (χ0v) is 15.9. The van der Waals surface area contributed by atoms with Crippen LogP contribution in [0.4, 0.5) is 0 Å². The van der Waals surface area contributed by atoms with E-state index in [9.17, 15) is 4.79 Å². The zero-order chi connectivity index (χ0) is 17.0. The van der Waals surface area contributed by atoms with Gasteiger partial charge >= 0.3 is 5.97 Å². The molecule has 0 aromatic heterocycles. The number of ether oxygens (including phenoxy) is 1. The molecule has 0 bridgehead atoms. The van der Waals surface area contributed by atoms with Gasteiger partial charge in [0.2, 0.25) is 0 Å². The van der Waals surface area contributed by atoms with E-state index in [1.807, 2.05) is 58.0 Å². The van der Waals surface area contributed by atoms with Gasteiger partial charge in [0.15, 0.2) is 0 Å². The fourth-order valence-corrected chi connectivity index (χ4v) is 2.54. The van der Waals surface area contributed by atoms with E-state index < -0.39 is 19.1 Å². The Morgan fingerprint density at radius 1 is 1.09 bits per heavy atom. The molecule has 1 aromatic rings. The molecule has 0 aliphatic heterocycles. The van der Waals surface area contributed by atoms with Gasteiger partial charge < -0.3 is 4.74 Å². The van der Waals surface area contributed by atoms with E-state index in [2.05, 4.69) is 31.1 Å². The number of carbonyl (C=O) groups excluding carboxylic acids is 1. The lowest BCUT2D eigenvalue weighted by Crippen LogP contribution is -2.37. The highest BCUT2D eigenvalue weighted by atomic mass is 28.3. The molecule has 3 heteroatoms. The van der Waals surface area contributed by atoms with Crippen LogP contribution in [0.1, 0.15) is 33.3 Å². The maximum absolute atomic E-state index is 12.7. The summed E-state index contributed by atoms with van der Waals surface area (Å²) in [6.07, 6.45) is 0.570. The Balaban J connectivity index is 3.13. The van der Waals surface area contributed by atoms with Gasteiger partial charge in [-0.2, -0.15) is 0 Å². The SMILES string of the molecule is CC(C)(C)OC(=O)[C@](C)(C#C[Si](C)(C)C)Cc1ccccc1. The highest BCUT2D eigenvalue weighted by Crippen LogP contribution is 2.26. The van der Waals surface area contributed by atoms with Gasteiger partial charge in [0.25, 0.3) is 0 Å². The molecule has 0 aliphatic carbocycles. The summed E-state index contributed by atoms with van der Waals surface area (Å²) in [5, 5.41) is 0. The van der Waals surface area contributed by atoms with Crippen LogP contribution in [0, 0.1) is 16.9 Å². The fraction of sp³-hybridized carbons (Fsp3) is 0.526. The second kappa shape index (κ2) is 6.70.